The van der Waals surface area contributed by atoms with E-state index >= 15 is 0 Å². The molecule has 0 bridgehead atoms. The van der Waals surface area contributed by atoms with E-state index in [1.54, 1.807) is 11.8 Å². The van der Waals surface area contributed by atoms with Gasteiger partial charge in [0.15, 0.2) is 0 Å². The number of aliphatic carboxylic acids is 1. The molecule has 0 aromatic heterocycles. The highest BCUT2D eigenvalue weighted by atomic mass is 16.5. The first-order chi connectivity index (χ1) is 14.5. The number of esters is 1. The van der Waals surface area contributed by atoms with Gasteiger partial charge in [0.2, 0.25) is 0 Å². The Kier molecular flexibility index (Phi) is 10.9. The van der Waals surface area contributed by atoms with Crippen LogP contribution in [0, 0.1) is 5.92 Å². The van der Waals surface area contributed by atoms with Crippen LogP contribution in [-0.4, -0.2) is 105 Å². The first kappa shape index (κ1) is 24.4. The molecule has 2 fully saturated rings. The van der Waals surface area contributed by atoms with Crippen LogP contribution in [-0.2, 0) is 19.1 Å². The first-order valence-electron chi connectivity index (χ1n) is 10.9. The van der Waals surface area contributed by atoms with Gasteiger partial charge in [-0.1, -0.05) is 0 Å². The van der Waals surface area contributed by atoms with E-state index in [1.165, 1.54) is 4.90 Å². The van der Waals surface area contributed by atoms with Gasteiger partial charge in [-0.05, 0) is 51.6 Å². The molecular formula is C20H36N4O6. The largest absolute Gasteiger partial charge is 0.480 e. The average molecular weight is 429 g/mol. The summed E-state index contributed by atoms with van der Waals surface area (Å²) in [5.74, 6) is -0.871. The van der Waals surface area contributed by atoms with Crippen LogP contribution in [0.1, 0.15) is 32.6 Å². The molecule has 2 saturated heterocycles. The molecule has 0 saturated carbocycles. The molecule has 10 heteroatoms. The van der Waals surface area contributed by atoms with Crippen LogP contribution < -0.4 is 10.6 Å². The van der Waals surface area contributed by atoms with Crippen molar-refractivity contribution in [3.8, 4) is 0 Å². The minimum Gasteiger partial charge on any atom is -0.480 e. The number of carbonyl (C=O) groups excluding carboxylic acids is 2. The van der Waals surface area contributed by atoms with E-state index in [0.29, 0.717) is 19.0 Å². The van der Waals surface area contributed by atoms with E-state index in [2.05, 4.69) is 10.6 Å². The van der Waals surface area contributed by atoms with Crippen LogP contribution in [0.3, 0.4) is 0 Å². The molecule has 2 aliphatic rings. The van der Waals surface area contributed by atoms with E-state index in [-0.39, 0.29) is 44.9 Å². The number of piperidine rings is 2. The SMILES string of the molecule is CCOC(=O)CN(CCNC(=O)N1CCC(OCC2CCNCC2)CC1)CC(=O)O. The minimum atomic E-state index is -1.03. The van der Waals surface area contributed by atoms with Gasteiger partial charge < -0.3 is 30.1 Å². The molecule has 0 radical (unpaired) electrons. The van der Waals surface area contributed by atoms with Gasteiger partial charge in [-0.15, -0.1) is 0 Å². The molecule has 10 nitrogen and oxygen atoms in total. The van der Waals surface area contributed by atoms with Crippen molar-refractivity contribution in [2.24, 2.45) is 5.92 Å². The number of urea groups is 1. The van der Waals surface area contributed by atoms with Gasteiger partial charge in [0.05, 0.1) is 25.8 Å². The lowest BCUT2D eigenvalue weighted by molar-refractivity contribution is -0.145. The predicted octanol–water partition coefficient (Wildman–Crippen LogP) is 0.126. The van der Waals surface area contributed by atoms with Crippen molar-refractivity contribution < 1.29 is 29.0 Å². The second kappa shape index (κ2) is 13.4. The molecular weight excluding hydrogens is 392 g/mol. The lowest BCUT2D eigenvalue weighted by atomic mass is 9.99. The van der Waals surface area contributed by atoms with Crippen molar-refractivity contribution in [3.63, 3.8) is 0 Å². The molecule has 2 aliphatic heterocycles. The number of likely N-dealkylation sites (tertiary alicyclic amines) is 1. The highest BCUT2D eigenvalue weighted by Crippen LogP contribution is 2.18. The van der Waals surface area contributed by atoms with Crippen molar-refractivity contribution in [3.05, 3.63) is 0 Å². The highest BCUT2D eigenvalue weighted by Gasteiger charge is 2.24. The summed E-state index contributed by atoms with van der Waals surface area (Å²) >= 11 is 0. The Labute approximate surface area is 178 Å². The van der Waals surface area contributed by atoms with Gasteiger partial charge >= 0.3 is 18.0 Å². The van der Waals surface area contributed by atoms with Crippen LogP contribution in [0.2, 0.25) is 0 Å². The standard InChI is InChI=1S/C20H36N4O6/c1-2-29-19(27)14-23(13-18(25)26)12-9-22-20(28)24-10-5-17(6-11-24)30-15-16-3-7-21-8-4-16/h16-17,21H,2-15H2,1H3,(H,22,28)(H,25,26). The summed E-state index contributed by atoms with van der Waals surface area (Å²) in [6.07, 6.45) is 4.19. The van der Waals surface area contributed by atoms with Gasteiger partial charge in [0.1, 0.15) is 0 Å². The first-order valence-corrected chi connectivity index (χ1v) is 10.9. The summed E-state index contributed by atoms with van der Waals surface area (Å²) in [7, 11) is 0. The molecule has 0 atom stereocenters. The Hall–Kier alpha value is -1.91. The quantitative estimate of drug-likeness (QED) is 0.397. The maximum Gasteiger partial charge on any atom is 0.320 e. The molecule has 0 unspecified atom stereocenters. The number of rotatable bonds is 11. The number of hydrogen-bond donors (Lipinski definition) is 3. The Morgan fingerprint density at radius 1 is 1.13 bits per heavy atom. The van der Waals surface area contributed by atoms with Crippen molar-refractivity contribution in [1.29, 1.82) is 0 Å². The van der Waals surface area contributed by atoms with Gasteiger partial charge in [0, 0.05) is 32.8 Å². The Morgan fingerprint density at radius 3 is 2.47 bits per heavy atom. The van der Waals surface area contributed by atoms with E-state index in [9.17, 15) is 14.4 Å². The van der Waals surface area contributed by atoms with E-state index in [0.717, 1.165) is 45.4 Å². The van der Waals surface area contributed by atoms with Crippen LogP contribution >= 0.6 is 0 Å². The second-order valence-electron chi connectivity index (χ2n) is 7.85. The molecule has 3 N–H and O–H groups in total. The molecule has 0 aromatic carbocycles. The van der Waals surface area contributed by atoms with Crippen molar-refractivity contribution in [1.82, 2.24) is 20.4 Å². The number of amides is 2. The molecule has 2 heterocycles. The lowest BCUT2D eigenvalue weighted by Crippen LogP contribution is -2.48. The fraction of sp³-hybridized carbons (Fsp3) is 0.850. The molecule has 0 aliphatic carbocycles. The predicted molar refractivity (Wildman–Crippen MR) is 110 cm³/mol. The molecule has 0 aromatic rings. The van der Waals surface area contributed by atoms with Gasteiger partial charge in [-0.3, -0.25) is 14.5 Å². The lowest BCUT2D eigenvalue weighted by Gasteiger charge is -2.33. The number of nitrogens with one attached hydrogen (secondary N) is 2. The summed E-state index contributed by atoms with van der Waals surface area (Å²) < 4.78 is 10.9. The zero-order chi connectivity index (χ0) is 21.8. The third kappa shape index (κ3) is 9.27. The van der Waals surface area contributed by atoms with Crippen LogP contribution in [0.5, 0.6) is 0 Å². The summed E-state index contributed by atoms with van der Waals surface area (Å²) in [6, 6.07) is -0.168. The zero-order valence-corrected chi connectivity index (χ0v) is 17.9. The second-order valence-corrected chi connectivity index (χ2v) is 7.85. The topological polar surface area (TPSA) is 120 Å². The number of hydrogen-bond acceptors (Lipinski definition) is 7. The average Bonchev–Trinajstić information content (AvgIpc) is 2.73. The Morgan fingerprint density at radius 2 is 1.83 bits per heavy atom. The Bertz CT molecular complexity index is 547. The summed E-state index contributed by atoms with van der Waals surface area (Å²) in [5.41, 5.74) is 0. The molecule has 2 amide bonds. The molecule has 2 rings (SSSR count). The van der Waals surface area contributed by atoms with E-state index in [4.69, 9.17) is 14.6 Å². The normalized spacial score (nSPS) is 18.4. The number of carboxylic acid groups (broad SMARTS) is 1. The zero-order valence-electron chi connectivity index (χ0n) is 17.9. The third-order valence-corrected chi connectivity index (χ3v) is 5.48. The van der Waals surface area contributed by atoms with Crippen LogP contribution in [0.25, 0.3) is 0 Å². The summed E-state index contributed by atoms with van der Waals surface area (Å²) in [5, 5.41) is 15.2. The molecule has 0 spiro atoms. The van der Waals surface area contributed by atoms with Gasteiger partial charge in [0.25, 0.3) is 0 Å². The van der Waals surface area contributed by atoms with Crippen molar-refractivity contribution in [2.75, 3.05) is 65.6 Å². The van der Waals surface area contributed by atoms with Crippen molar-refractivity contribution >= 4 is 18.0 Å². The summed E-state index contributed by atoms with van der Waals surface area (Å²) in [4.78, 5) is 38.2. The van der Waals surface area contributed by atoms with Gasteiger partial charge in [-0.25, -0.2) is 4.79 Å². The van der Waals surface area contributed by atoms with Crippen LogP contribution in [0.15, 0.2) is 0 Å². The molecule has 172 valence electrons. The van der Waals surface area contributed by atoms with Crippen molar-refractivity contribution in [2.45, 2.75) is 38.7 Å². The maximum absolute atomic E-state index is 12.4. The Balaban J connectivity index is 1.63. The van der Waals surface area contributed by atoms with Crippen LogP contribution in [0.4, 0.5) is 4.79 Å². The van der Waals surface area contributed by atoms with E-state index < -0.39 is 11.9 Å². The van der Waals surface area contributed by atoms with Gasteiger partial charge in [-0.2, -0.15) is 0 Å². The monoisotopic (exact) mass is 428 g/mol. The fourth-order valence-corrected chi connectivity index (χ4v) is 3.77. The molecule has 30 heavy (non-hydrogen) atoms. The minimum absolute atomic E-state index is 0.115. The number of carboxylic acids is 1. The summed E-state index contributed by atoms with van der Waals surface area (Å²) in [6.45, 7) is 6.28. The number of nitrogens with zero attached hydrogens (tertiary/aromatic N) is 2. The maximum atomic E-state index is 12.4. The number of carbonyl (C=O) groups is 3. The number of ether oxygens (including phenoxy) is 2. The fourth-order valence-electron chi connectivity index (χ4n) is 3.77. The third-order valence-electron chi connectivity index (χ3n) is 5.48. The smallest absolute Gasteiger partial charge is 0.320 e. The highest BCUT2D eigenvalue weighted by molar-refractivity contribution is 5.75. The van der Waals surface area contributed by atoms with E-state index in [1.807, 2.05) is 0 Å².